The minimum atomic E-state index is 0.634. The van der Waals surface area contributed by atoms with Crippen LogP contribution in [0.5, 0.6) is 5.75 Å². The van der Waals surface area contributed by atoms with Crippen LogP contribution in [0.25, 0.3) is 0 Å². The summed E-state index contributed by atoms with van der Waals surface area (Å²) in [5, 5.41) is 3.45. The SMILES string of the molecule is COc1cc(C2CCCNC2)cc(C)c1Br. The molecule has 0 radical (unpaired) electrons. The maximum atomic E-state index is 5.39. The highest BCUT2D eigenvalue weighted by Crippen LogP contribution is 2.34. The molecule has 0 amide bonds. The van der Waals surface area contributed by atoms with Gasteiger partial charge in [-0.15, -0.1) is 0 Å². The molecular formula is C13H18BrNO. The van der Waals surface area contributed by atoms with Crippen molar-refractivity contribution in [3.05, 3.63) is 27.7 Å². The Balaban J connectivity index is 2.29. The zero-order valence-electron chi connectivity index (χ0n) is 9.85. The van der Waals surface area contributed by atoms with Crippen LogP contribution in [0, 0.1) is 6.92 Å². The Bertz CT molecular complexity index is 372. The van der Waals surface area contributed by atoms with Crippen LogP contribution in [0.1, 0.15) is 29.9 Å². The highest BCUT2D eigenvalue weighted by atomic mass is 79.9. The van der Waals surface area contributed by atoms with Crippen molar-refractivity contribution >= 4 is 15.9 Å². The number of halogens is 1. The molecule has 1 heterocycles. The predicted molar refractivity (Wildman–Crippen MR) is 70.3 cm³/mol. The summed E-state index contributed by atoms with van der Waals surface area (Å²) in [6.45, 7) is 4.36. The fourth-order valence-corrected chi connectivity index (χ4v) is 2.68. The first-order valence-corrected chi connectivity index (χ1v) is 6.56. The largest absolute Gasteiger partial charge is 0.496 e. The fraction of sp³-hybridized carbons (Fsp3) is 0.538. The predicted octanol–water partition coefficient (Wildman–Crippen LogP) is 3.23. The van der Waals surface area contributed by atoms with Gasteiger partial charge in [0.05, 0.1) is 11.6 Å². The number of rotatable bonds is 2. The Labute approximate surface area is 106 Å². The molecule has 0 saturated carbocycles. The number of hydrogen-bond donors (Lipinski definition) is 1. The van der Waals surface area contributed by atoms with Crippen molar-refractivity contribution in [1.29, 1.82) is 0 Å². The Morgan fingerprint density at radius 2 is 2.25 bits per heavy atom. The monoisotopic (exact) mass is 283 g/mol. The molecule has 1 N–H and O–H groups in total. The first kappa shape index (κ1) is 11.9. The lowest BCUT2D eigenvalue weighted by Gasteiger charge is -2.24. The highest BCUT2D eigenvalue weighted by molar-refractivity contribution is 9.10. The molecule has 1 aliphatic rings. The molecule has 0 aromatic heterocycles. The first-order chi connectivity index (χ1) is 7.72. The Hall–Kier alpha value is -0.540. The van der Waals surface area contributed by atoms with Crippen molar-refractivity contribution in [3.63, 3.8) is 0 Å². The van der Waals surface area contributed by atoms with Crippen LogP contribution in [0.2, 0.25) is 0 Å². The van der Waals surface area contributed by atoms with E-state index in [0.29, 0.717) is 5.92 Å². The van der Waals surface area contributed by atoms with E-state index in [2.05, 4.69) is 40.3 Å². The Kier molecular flexibility index (Phi) is 3.87. The lowest BCUT2D eigenvalue weighted by Crippen LogP contribution is -2.28. The Morgan fingerprint density at radius 1 is 1.44 bits per heavy atom. The summed E-state index contributed by atoms with van der Waals surface area (Å²) in [5.74, 6) is 1.58. The van der Waals surface area contributed by atoms with Gasteiger partial charge in [0.1, 0.15) is 5.75 Å². The maximum absolute atomic E-state index is 5.39. The van der Waals surface area contributed by atoms with Gasteiger partial charge in [0.25, 0.3) is 0 Å². The van der Waals surface area contributed by atoms with Gasteiger partial charge in [0, 0.05) is 6.54 Å². The summed E-state index contributed by atoms with van der Waals surface area (Å²) >= 11 is 3.56. The van der Waals surface area contributed by atoms with Crippen LogP contribution >= 0.6 is 15.9 Å². The van der Waals surface area contributed by atoms with Gasteiger partial charge in [-0.1, -0.05) is 6.07 Å². The van der Waals surface area contributed by atoms with E-state index < -0.39 is 0 Å². The summed E-state index contributed by atoms with van der Waals surface area (Å²) in [4.78, 5) is 0. The zero-order chi connectivity index (χ0) is 11.5. The van der Waals surface area contributed by atoms with Gasteiger partial charge in [-0.25, -0.2) is 0 Å². The topological polar surface area (TPSA) is 21.3 Å². The second-order valence-corrected chi connectivity index (χ2v) is 5.19. The van der Waals surface area contributed by atoms with Crippen molar-refractivity contribution < 1.29 is 4.74 Å². The molecule has 1 saturated heterocycles. The van der Waals surface area contributed by atoms with E-state index in [4.69, 9.17) is 4.74 Å². The second kappa shape index (κ2) is 5.19. The summed E-state index contributed by atoms with van der Waals surface area (Å²) in [6, 6.07) is 4.43. The Morgan fingerprint density at radius 3 is 2.88 bits per heavy atom. The molecule has 1 aromatic rings. The molecule has 2 nitrogen and oxygen atoms in total. The van der Waals surface area contributed by atoms with Gasteiger partial charge in [-0.05, 0) is 65.4 Å². The molecule has 0 aliphatic carbocycles. The molecule has 2 rings (SSSR count). The van der Waals surface area contributed by atoms with Crippen molar-refractivity contribution in [2.45, 2.75) is 25.7 Å². The number of aryl methyl sites for hydroxylation is 1. The molecule has 16 heavy (non-hydrogen) atoms. The van der Waals surface area contributed by atoms with Crippen molar-refractivity contribution in [2.24, 2.45) is 0 Å². The minimum Gasteiger partial charge on any atom is -0.496 e. The minimum absolute atomic E-state index is 0.634. The fourth-order valence-electron chi connectivity index (χ4n) is 2.28. The van der Waals surface area contributed by atoms with Crippen LogP contribution in [-0.2, 0) is 0 Å². The number of piperidine rings is 1. The number of hydrogen-bond acceptors (Lipinski definition) is 2. The van der Waals surface area contributed by atoms with E-state index in [0.717, 1.165) is 23.3 Å². The molecule has 0 spiro atoms. The molecule has 1 fully saturated rings. The van der Waals surface area contributed by atoms with Gasteiger partial charge in [-0.2, -0.15) is 0 Å². The standard InChI is InChI=1S/C13H18BrNO/c1-9-6-11(7-12(16-2)13(9)14)10-4-3-5-15-8-10/h6-7,10,15H,3-5,8H2,1-2H3. The second-order valence-electron chi connectivity index (χ2n) is 4.40. The van der Waals surface area contributed by atoms with Crippen LogP contribution < -0.4 is 10.1 Å². The van der Waals surface area contributed by atoms with Crippen molar-refractivity contribution in [1.82, 2.24) is 5.32 Å². The quantitative estimate of drug-likeness (QED) is 0.900. The van der Waals surface area contributed by atoms with Gasteiger partial charge in [0.15, 0.2) is 0 Å². The van der Waals surface area contributed by atoms with Crippen LogP contribution in [0.4, 0.5) is 0 Å². The van der Waals surface area contributed by atoms with E-state index in [1.807, 2.05) is 0 Å². The maximum Gasteiger partial charge on any atom is 0.133 e. The molecule has 1 unspecified atom stereocenters. The highest BCUT2D eigenvalue weighted by Gasteiger charge is 2.17. The molecule has 1 atom stereocenters. The van der Waals surface area contributed by atoms with Gasteiger partial charge in [-0.3, -0.25) is 0 Å². The number of ether oxygens (including phenoxy) is 1. The van der Waals surface area contributed by atoms with E-state index in [-0.39, 0.29) is 0 Å². The number of methoxy groups -OCH3 is 1. The lowest BCUT2D eigenvalue weighted by atomic mass is 9.90. The normalized spacial score (nSPS) is 20.8. The van der Waals surface area contributed by atoms with Gasteiger partial charge < -0.3 is 10.1 Å². The molecule has 1 aromatic carbocycles. The van der Waals surface area contributed by atoms with Crippen molar-refractivity contribution in [3.8, 4) is 5.75 Å². The molecule has 3 heteroatoms. The summed E-state index contributed by atoms with van der Waals surface area (Å²) in [7, 11) is 1.72. The van der Waals surface area contributed by atoms with E-state index >= 15 is 0 Å². The third kappa shape index (κ3) is 2.41. The molecule has 88 valence electrons. The summed E-state index contributed by atoms with van der Waals surface area (Å²) < 4.78 is 6.46. The average Bonchev–Trinajstić information content (AvgIpc) is 2.33. The number of nitrogens with one attached hydrogen (secondary N) is 1. The van der Waals surface area contributed by atoms with Gasteiger partial charge >= 0.3 is 0 Å². The third-order valence-electron chi connectivity index (χ3n) is 3.23. The average molecular weight is 284 g/mol. The van der Waals surface area contributed by atoms with E-state index in [1.165, 1.54) is 24.0 Å². The first-order valence-electron chi connectivity index (χ1n) is 5.77. The molecule has 1 aliphatic heterocycles. The molecule has 0 bridgehead atoms. The zero-order valence-corrected chi connectivity index (χ0v) is 11.4. The van der Waals surface area contributed by atoms with E-state index in [9.17, 15) is 0 Å². The summed E-state index contributed by atoms with van der Waals surface area (Å²) in [6.07, 6.45) is 2.54. The van der Waals surface area contributed by atoms with Crippen LogP contribution in [0.3, 0.4) is 0 Å². The van der Waals surface area contributed by atoms with Crippen molar-refractivity contribution in [2.75, 3.05) is 20.2 Å². The molecular weight excluding hydrogens is 266 g/mol. The van der Waals surface area contributed by atoms with E-state index in [1.54, 1.807) is 7.11 Å². The lowest BCUT2D eigenvalue weighted by molar-refractivity contribution is 0.408. The van der Waals surface area contributed by atoms with Crippen LogP contribution in [-0.4, -0.2) is 20.2 Å². The third-order valence-corrected chi connectivity index (χ3v) is 4.25. The number of benzene rings is 1. The van der Waals surface area contributed by atoms with Gasteiger partial charge in [0.2, 0.25) is 0 Å². The smallest absolute Gasteiger partial charge is 0.133 e. The summed E-state index contributed by atoms with van der Waals surface area (Å²) in [5.41, 5.74) is 2.64. The van der Waals surface area contributed by atoms with Crippen LogP contribution in [0.15, 0.2) is 16.6 Å².